The molecule has 0 radical (unpaired) electrons. The van der Waals surface area contributed by atoms with Crippen molar-refractivity contribution in [2.24, 2.45) is 0 Å². The average molecular weight is 345 g/mol. The number of carbonyl (C=O) groups is 1. The number of carbonyl (C=O) groups excluding carboxylic acids is 1. The summed E-state index contributed by atoms with van der Waals surface area (Å²) in [5.41, 5.74) is 2.00. The van der Waals surface area contributed by atoms with Crippen molar-refractivity contribution >= 4 is 22.4 Å². The van der Waals surface area contributed by atoms with E-state index in [9.17, 15) is 9.18 Å². The van der Waals surface area contributed by atoms with E-state index in [0.29, 0.717) is 24.5 Å². The second-order valence-corrected chi connectivity index (χ2v) is 6.45. The lowest BCUT2D eigenvalue weighted by molar-refractivity contribution is -0.116. The van der Waals surface area contributed by atoms with Crippen molar-refractivity contribution in [1.29, 1.82) is 0 Å². The number of nitrogens with one attached hydrogen (secondary N) is 1. The first-order valence-electron chi connectivity index (χ1n) is 7.44. The highest BCUT2D eigenvalue weighted by atomic mass is 32.1. The lowest BCUT2D eigenvalue weighted by Gasteiger charge is -2.01. The van der Waals surface area contributed by atoms with E-state index in [4.69, 9.17) is 0 Å². The van der Waals surface area contributed by atoms with Crippen molar-refractivity contribution in [2.45, 2.75) is 26.3 Å². The molecule has 8 heteroatoms. The molecule has 124 valence electrons. The van der Waals surface area contributed by atoms with Gasteiger partial charge in [-0.25, -0.2) is 4.39 Å². The second kappa shape index (κ2) is 7.31. The summed E-state index contributed by atoms with van der Waals surface area (Å²) < 4.78 is 14.6. The molecule has 0 spiro atoms. The van der Waals surface area contributed by atoms with Gasteiger partial charge in [-0.1, -0.05) is 23.5 Å². The summed E-state index contributed by atoms with van der Waals surface area (Å²) in [5.74, 6) is -0.399. The van der Waals surface area contributed by atoms with Gasteiger partial charge in [0.2, 0.25) is 11.0 Å². The second-order valence-electron chi connectivity index (χ2n) is 5.38. The molecule has 24 heavy (non-hydrogen) atoms. The van der Waals surface area contributed by atoms with Gasteiger partial charge in [0, 0.05) is 25.6 Å². The molecule has 0 fully saturated rings. The largest absolute Gasteiger partial charge is 0.300 e. The van der Waals surface area contributed by atoms with Gasteiger partial charge in [0.1, 0.15) is 10.8 Å². The van der Waals surface area contributed by atoms with Crippen LogP contribution in [-0.4, -0.2) is 25.9 Å². The van der Waals surface area contributed by atoms with Crippen LogP contribution in [0.3, 0.4) is 0 Å². The zero-order valence-corrected chi connectivity index (χ0v) is 13.9. The molecule has 1 aromatic carbocycles. The molecule has 2 aromatic heterocycles. The molecule has 3 rings (SSSR count). The fourth-order valence-electron chi connectivity index (χ4n) is 2.14. The van der Waals surface area contributed by atoms with E-state index in [1.165, 1.54) is 23.5 Å². The molecular formula is C16H16FN5OS. The first kappa shape index (κ1) is 16.3. The zero-order chi connectivity index (χ0) is 16.9. The van der Waals surface area contributed by atoms with Crippen LogP contribution in [0.15, 0.2) is 36.7 Å². The normalized spacial score (nSPS) is 10.8. The van der Waals surface area contributed by atoms with Crippen LogP contribution in [0.4, 0.5) is 9.52 Å². The molecule has 0 aliphatic carbocycles. The molecular weight excluding hydrogens is 329 g/mol. The molecule has 6 nitrogen and oxygen atoms in total. The number of amides is 1. The van der Waals surface area contributed by atoms with E-state index in [-0.39, 0.29) is 11.7 Å². The van der Waals surface area contributed by atoms with E-state index in [0.717, 1.165) is 16.1 Å². The Balaban J connectivity index is 1.51. The maximum absolute atomic E-state index is 12.9. The minimum atomic E-state index is -0.267. The molecule has 0 aliphatic rings. The summed E-state index contributed by atoms with van der Waals surface area (Å²) in [5, 5.41) is 16.1. The van der Waals surface area contributed by atoms with Gasteiger partial charge >= 0.3 is 0 Å². The Labute approximate surface area is 142 Å². The fraction of sp³-hybridized carbons (Fsp3) is 0.250. The Bertz CT molecular complexity index is 827. The predicted molar refractivity (Wildman–Crippen MR) is 89.3 cm³/mol. The number of aryl methyl sites for hydroxylation is 2. The maximum Gasteiger partial charge on any atom is 0.228 e. The standard InChI is InChI=1S/C16H16FN5OS/c1-11-9-18-22(10-11)7-6-14(23)19-16-21-20-15(24-16)8-12-2-4-13(17)5-3-12/h2-5,9-10H,6-8H2,1H3,(H,19,21,23). The molecule has 0 saturated heterocycles. The predicted octanol–water partition coefficient (Wildman–Crippen LogP) is 2.80. The van der Waals surface area contributed by atoms with E-state index >= 15 is 0 Å². The molecule has 0 aliphatic heterocycles. The molecule has 2 heterocycles. The van der Waals surface area contributed by atoms with Gasteiger partial charge < -0.3 is 5.32 Å². The van der Waals surface area contributed by atoms with Crippen LogP contribution in [-0.2, 0) is 17.8 Å². The molecule has 1 N–H and O–H groups in total. The monoisotopic (exact) mass is 345 g/mol. The summed E-state index contributed by atoms with van der Waals surface area (Å²) in [6, 6.07) is 6.24. The van der Waals surface area contributed by atoms with Gasteiger partial charge in [-0.3, -0.25) is 9.48 Å². The van der Waals surface area contributed by atoms with Crippen molar-refractivity contribution in [3.63, 3.8) is 0 Å². The van der Waals surface area contributed by atoms with E-state index in [1.54, 1.807) is 23.0 Å². The topological polar surface area (TPSA) is 72.7 Å². The van der Waals surface area contributed by atoms with Crippen molar-refractivity contribution in [3.05, 3.63) is 58.6 Å². The first-order valence-corrected chi connectivity index (χ1v) is 8.26. The highest BCUT2D eigenvalue weighted by Gasteiger charge is 2.09. The Morgan fingerprint density at radius 1 is 1.29 bits per heavy atom. The van der Waals surface area contributed by atoms with Crippen LogP contribution >= 0.6 is 11.3 Å². The number of hydrogen-bond acceptors (Lipinski definition) is 5. The summed E-state index contributed by atoms with van der Waals surface area (Å²) in [6.45, 7) is 2.47. The number of aromatic nitrogens is 4. The highest BCUT2D eigenvalue weighted by Crippen LogP contribution is 2.19. The van der Waals surface area contributed by atoms with E-state index in [1.807, 2.05) is 13.1 Å². The highest BCUT2D eigenvalue weighted by molar-refractivity contribution is 7.15. The zero-order valence-electron chi connectivity index (χ0n) is 13.1. The minimum Gasteiger partial charge on any atom is -0.300 e. The summed E-state index contributed by atoms with van der Waals surface area (Å²) >= 11 is 1.32. The molecule has 1 amide bonds. The number of halogens is 1. The number of rotatable bonds is 6. The average Bonchev–Trinajstić information content (AvgIpc) is 3.17. The van der Waals surface area contributed by atoms with Crippen molar-refractivity contribution in [3.8, 4) is 0 Å². The van der Waals surface area contributed by atoms with Crippen LogP contribution in [0.2, 0.25) is 0 Å². The van der Waals surface area contributed by atoms with Crippen molar-refractivity contribution < 1.29 is 9.18 Å². The van der Waals surface area contributed by atoms with Gasteiger partial charge in [0.15, 0.2) is 0 Å². The molecule has 0 saturated carbocycles. The summed E-state index contributed by atoms with van der Waals surface area (Å²) in [6.07, 6.45) is 4.51. The lowest BCUT2D eigenvalue weighted by Crippen LogP contribution is -2.14. The van der Waals surface area contributed by atoms with Gasteiger partial charge in [0.05, 0.1) is 6.20 Å². The van der Waals surface area contributed by atoms with Gasteiger partial charge in [0.25, 0.3) is 0 Å². The third-order valence-corrected chi connectivity index (χ3v) is 4.15. The summed E-state index contributed by atoms with van der Waals surface area (Å²) in [4.78, 5) is 11.9. The maximum atomic E-state index is 12.9. The van der Waals surface area contributed by atoms with Gasteiger partial charge in [-0.15, -0.1) is 10.2 Å². The summed E-state index contributed by atoms with van der Waals surface area (Å²) in [7, 11) is 0. The lowest BCUT2D eigenvalue weighted by atomic mass is 10.2. The number of anilines is 1. The SMILES string of the molecule is Cc1cnn(CCC(=O)Nc2nnc(Cc3ccc(F)cc3)s2)c1. The fourth-order valence-corrected chi connectivity index (χ4v) is 2.93. The number of hydrogen-bond donors (Lipinski definition) is 1. The van der Waals surface area contributed by atoms with Crippen LogP contribution in [0.1, 0.15) is 22.6 Å². The molecule has 0 bridgehead atoms. The molecule has 0 unspecified atom stereocenters. The van der Waals surface area contributed by atoms with Crippen molar-refractivity contribution in [1.82, 2.24) is 20.0 Å². The van der Waals surface area contributed by atoms with Crippen LogP contribution in [0.25, 0.3) is 0 Å². The van der Waals surface area contributed by atoms with Crippen LogP contribution in [0, 0.1) is 12.7 Å². The van der Waals surface area contributed by atoms with Crippen LogP contribution in [0.5, 0.6) is 0 Å². The van der Waals surface area contributed by atoms with Gasteiger partial charge in [-0.2, -0.15) is 5.10 Å². The Morgan fingerprint density at radius 2 is 2.08 bits per heavy atom. The molecule has 3 aromatic rings. The Morgan fingerprint density at radius 3 is 2.79 bits per heavy atom. The third-order valence-electron chi connectivity index (χ3n) is 3.31. The third kappa shape index (κ3) is 4.45. The smallest absolute Gasteiger partial charge is 0.228 e. The first-order chi connectivity index (χ1) is 11.6. The Hall–Kier alpha value is -2.61. The van der Waals surface area contributed by atoms with E-state index in [2.05, 4.69) is 20.6 Å². The quantitative estimate of drug-likeness (QED) is 0.746. The van der Waals surface area contributed by atoms with Gasteiger partial charge in [-0.05, 0) is 30.2 Å². The molecule has 0 atom stereocenters. The Kier molecular flexibility index (Phi) is 4.95. The number of nitrogens with zero attached hydrogens (tertiary/aromatic N) is 4. The van der Waals surface area contributed by atoms with Crippen LogP contribution < -0.4 is 5.32 Å². The van der Waals surface area contributed by atoms with E-state index < -0.39 is 0 Å². The number of benzene rings is 1. The minimum absolute atomic E-state index is 0.132. The van der Waals surface area contributed by atoms with Crippen molar-refractivity contribution in [2.75, 3.05) is 5.32 Å².